The van der Waals surface area contributed by atoms with Crippen LogP contribution >= 0.6 is 0 Å². The molecule has 1 heterocycles. The molecule has 0 radical (unpaired) electrons. The summed E-state index contributed by atoms with van der Waals surface area (Å²) in [5, 5.41) is 0. The van der Waals surface area contributed by atoms with Crippen molar-refractivity contribution in [3.05, 3.63) is 0 Å². The van der Waals surface area contributed by atoms with Crippen molar-refractivity contribution in [3.8, 4) is 0 Å². The average Bonchev–Trinajstić information content (AvgIpc) is 2.17. The van der Waals surface area contributed by atoms with Gasteiger partial charge in [0.05, 0.1) is 6.42 Å². The molecule has 1 atom stereocenters. The zero-order valence-electron chi connectivity index (χ0n) is 5.02. The first-order valence-electron chi connectivity index (χ1n) is 2.57. The minimum Gasteiger partial charge on any atom is -0.300 e. The topological polar surface area (TPSA) is 51.5 Å². The smallest absolute Gasteiger partial charge is 0.165 e. The Hall–Kier alpha value is -0.410. The molecule has 46 valence electrons. The fourth-order valence-electron chi connectivity index (χ4n) is 0.634. The minimum absolute atomic E-state index is 0.150. The quantitative estimate of drug-likeness (QED) is 0.523. The van der Waals surface area contributed by atoms with Crippen LogP contribution in [0.3, 0.4) is 0 Å². The molecule has 1 N–H and O–H groups in total. The SMILES string of the molecule is CC(=O)CC1(C)NO1. The third-order valence-corrected chi connectivity index (χ3v) is 1.04. The van der Waals surface area contributed by atoms with Crippen molar-refractivity contribution in [2.45, 2.75) is 26.0 Å². The Kier molecular flexibility index (Phi) is 1.10. The molecule has 0 aliphatic carbocycles. The molecule has 8 heavy (non-hydrogen) atoms. The predicted molar refractivity (Wildman–Crippen MR) is 27.9 cm³/mol. The van der Waals surface area contributed by atoms with Crippen molar-refractivity contribution >= 4 is 5.78 Å². The van der Waals surface area contributed by atoms with Crippen molar-refractivity contribution in [2.24, 2.45) is 0 Å². The van der Waals surface area contributed by atoms with Crippen LogP contribution in [0, 0.1) is 0 Å². The highest BCUT2D eigenvalue weighted by Crippen LogP contribution is 2.21. The van der Waals surface area contributed by atoms with E-state index in [1.807, 2.05) is 6.92 Å². The van der Waals surface area contributed by atoms with Crippen molar-refractivity contribution in [1.82, 2.24) is 5.48 Å². The summed E-state index contributed by atoms with van der Waals surface area (Å²) < 4.78 is 0. The highest BCUT2D eigenvalue weighted by molar-refractivity contribution is 5.76. The van der Waals surface area contributed by atoms with Gasteiger partial charge in [0.25, 0.3) is 0 Å². The van der Waals surface area contributed by atoms with Crippen LogP contribution in [0.15, 0.2) is 0 Å². The van der Waals surface area contributed by atoms with Gasteiger partial charge in [0.2, 0.25) is 0 Å². The summed E-state index contributed by atoms with van der Waals surface area (Å²) in [6, 6.07) is 0. The van der Waals surface area contributed by atoms with Gasteiger partial charge in [-0.05, 0) is 13.8 Å². The first kappa shape index (κ1) is 5.72. The molecule has 0 aromatic carbocycles. The Labute approximate surface area is 48.0 Å². The highest BCUT2D eigenvalue weighted by atomic mass is 16.8. The van der Waals surface area contributed by atoms with E-state index in [9.17, 15) is 4.79 Å². The Morgan fingerprint density at radius 3 is 2.50 bits per heavy atom. The first-order chi connectivity index (χ1) is 3.62. The van der Waals surface area contributed by atoms with Crippen molar-refractivity contribution in [3.63, 3.8) is 0 Å². The number of hydrogen-bond donors (Lipinski definition) is 1. The summed E-state index contributed by atoms with van der Waals surface area (Å²) in [4.78, 5) is 15.1. The summed E-state index contributed by atoms with van der Waals surface area (Å²) in [6.07, 6.45) is 0.465. The van der Waals surface area contributed by atoms with Gasteiger partial charge in [0.15, 0.2) is 5.72 Å². The number of hydroxylamine groups is 1. The molecule has 0 bridgehead atoms. The van der Waals surface area contributed by atoms with Gasteiger partial charge in [-0.25, -0.2) is 0 Å². The van der Waals surface area contributed by atoms with Gasteiger partial charge in [-0.2, -0.15) is 5.48 Å². The van der Waals surface area contributed by atoms with Crippen molar-refractivity contribution in [2.75, 3.05) is 0 Å². The lowest BCUT2D eigenvalue weighted by atomic mass is 10.2. The number of nitrogens with one attached hydrogen (secondary N) is 1. The number of ketones is 1. The van der Waals surface area contributed by atoms with Crippen molar-refractivity contribution < 1.29 is 9.63 Å². The second-order valence-electron chi connectivity index (χ2n) is 2.31. The van der Waals surface area contributed by atoms with E-state index in [0.717, 1.165) is 0 Å². The van der Waals surface area contributed by atoms with Crippen LogP contribution in [0.2, 0.25) is 0 Å². The summed E-state index contributed by atoms with van der Waals surface area (Å²) in [6.45, 7) is 3.39. The lowest BCUT2D eigenvalue weighted by Crippen LogP contribution is -2.13. The van der Waals surface area contributed by atoms with Gasteiger partial charge < -0.3 is 0 Å². The van der Waals surface area contributed by atoms with Gasteiger partial charge in [-0.3, -0.25) is 9.63 Å². The third kappa shape index (κ3) is 1.28. The maximum absolute atomic E-state index is 10.4. The Morgan fingerprint density at radius 2 is 2.38 bits per heavy atom. The largest absolute Gasteiger partial charge is 0.300 e. The van der Waals surface area contributed by atoms with E-state index in [4.69, 9.17) is 4.84 Å². The van der Waals surface area contributed by atoms with Crippen LogP contribution in [-0.2, 0) is 9.63 Å². The molecular weight excluding hydrogens is 106 g/mol. The zero-order valence-corrected chi connectivity index (χ0v) is 5.02. The molecule has 1 unspecified atom stereocenters. The highest BCUT2D eigenvalue weighted by Gasteiger charge is 2.40. The van der Waals surface area contributed by atoms with Gasteiger partial charge in [-0.1, -0.05) is 0 Å². The van der Waals surface area contributed by atoms with E-state index < -0.39 is 0 Å². The van der Waals surface area contributed by atoms with E-state index in [1.54, 1.807) is 6.92 Å². The third-order valence-electron chi connectivity index (χ3n) is 1.04. The molecule has 1 aliphatic heterocycles. The van der Waals surface area contributed by atoms with Gasteiger partial charge >= 0.3 is 0 Å². The summed E-state index contributed by atoms with van der Waals surface area (Å²) >= 11 is 0. The van der Waals surface area contributed by atoms with Gasteiger partial charge in [0, 0.05) is 0 Å². The Balaban J connectivity index is 2.29. The van der Waals surface area contributed by atoms with Crippen LogP contribution < -0.4 is 5.48 Å². The number of carbonyl (C=O) groups is 1. The van der Waals surface area contributed by atoms with E-state index in [2.05, 4.69) is 5.48 Å². The maximum atomic E-state index is 10.4. The number of hydrogen-bond acceptors (Lipinski definition) is 3. The number of Topliss-reactive ketones (excluding diaryl/α,β-unsaturated/α-hetero) is 1. The molecule has 0 aromatic rings. The molecule has 1 rings (SSSR count). The second kappa shape index (κ2) is 1.53. The lowest BCUT2D eigenvalue weighted by molar-refractivity contribution is -0.117. The number of carbonyl (C=O) groups excluding carboxylic acids is 1. The summed E-state index contributed by atoms with van der Waals surface area (Å²) in [7, 11) is 0. The Bertz CT molecular complexity index is 118. The monoisotopic (exact) mass is 115 g/mol. The molecular formula is C5H9NO2. The second-order valence-corrected chi connectivity index (χ2v) is 2.31. The van der Waals surface area contributed by atoms with Crippen LogP contribution in [0.25, 0.3) is 0 Å². The Morgan fingerprint density at radius 1 is 1.88 bits per heavy atom. The standard InChI is InChI=1S/C5H9NO2/c1-4(7)3-5(2)6-8-5/h6H,3H2,1-2H3. The predicted octanol–water partition coefficient (Wildman–Crippen LogP) is 0.216. The minimum atomic E-state index is -0.328. The van der Waals surface area contributed by atoms with Gasteiger partial charge in [0.1, 0.15) is 5.78 Å². The van der Waals surface area contributed by atoms with Crippen LogP contribution in [0.4, 0.5) is 0 Å². The van der Waals surface area contributed by atoms with E-state index in [1.165, 1.54) is 0 Å². The van der Waals surface area contributed by atoms with E-state index >= 15 is 0 Å². The molecule has 3 heteroatoms. The van der Waals surface area contributed by atoms with E-state index in [-0.39, 0.29) is 11.5 Å². The normalized spacial score (nSPS) is 34.8. The van der Waals surface area contributed by atoms with Crippen LogP contribution in [0.5, 0.6) is 0 Å². The fraction of sp³-hybridized carbons (Fsp3) is 0.800. The molecule has 3 nitrogen and oxygen atoms in total. The molecule has 0 amide bonds. The maximum Gasteiger partial charge on any atom is 0.165 e. The van der Waals surface area contributed by atoms with Crippen LogP contribution in [-0.4, -0.2) is 11.5 Å². The molecule has 0 aromatic heterocycles. The molecule has 0 spiro atoms. The molecule has 1 saturated heterocycles. The molecule has 1 aliphatic rings. The molecule has 1 fully saturated rings. The summed E-state index contributed by atoms with van der Waals surface area (Å²) in [5.41, 5.74) is 2.29. The van der Waals surface area contributed by atoms with E-state index in [0.29, 0.717) is 6.42 Å². The zero-order chi connectivity index (χ0) is 6.20. The first-order valence-corrected chi connectivity index (χ1v) is 2.57. The lowest BCUT2D eigenvalue weighted by Gasteiger charge is -1.93. The van der Waals surface area contributed by atoms with Crippen molar-refractivity contribution in [1.29, 1.82) is 0 Å². The van der Waals surface area contributed by atoms with Crippen LogP contribution in [0.1, 0.15) is 20.3 Å². The fourth-order valence-corrected chi connectivity index (χ4v) is 0.634. The molecule has 0 saturated carbocycles. The van der Waals surface area contributed by atoms with Gasteiger partial charge in [-0.15, -0.1) is 0 Å². The average molecular weight is 115 g/mol. The number of rotatable bonds is 2. The summed E-state index contributed by atoms with van der Waals surface area (Å²) in [5.74, 6) is 0.150.